The fourth-order valence-corrected chi connectivity index (χ4v) is 3.48. The lowest BCUT2D eigenvalue weighted by molar-refractivity contribution is -0.157. The maximum absolute atomic E-state index is 12.5. The molecular weight excluding hydrogens is 310 g/mol. The topological polar surface area (TPSA) is 80.8 Å². The number of hydrogen-bond acceptors (Lipinski definition) is 5. The fraction of sp³-hybridized carbons (Fsp3) is 0.733. The second kappa shape index (κ2) is 7.22. The molecule has 7 heteroatoms. The summed E-state index contributed by atoms with van der Waals surface area (Å²) in [5.74, 6) is -2.29. The van der Waals surface area contributed by atoms with Gasteiger partial charge in [-0.25, -0.2) is 4.79 Å². The lowest BCUT2D eigenvalue weighted by Gasteiger charge is -2.24. The highest BCUT2D eigenvalue weighted by Gasteiger charge is 2.52. The molecule has 122 valence electrons. The number of amides is 2. The van der Waals surface area contributed by atoms with Crippen molar-refractivity contribution in [1.82, 2.24) is 4.90 Å². The number of rotatable bonds is 6. The summed E-state index contributed by atoms with van der Waals surface area (Å²) >= 11 is 5.45. The van der Waals surface area contributed by atoms with Crippen LogP contribution in [0.3, 0.4) is 0 Å². The number of likely N-dealkylation sites (tertiary alicyclic amines) is 1. The maximum atomic E-state index is 12.5. The number of alkyl halides is 1. The van der Waals surface area contributed by atoms with E-state index in [0.29, 0.717) is 12.8 Å². The van der Waals surface area contributed by atoms with Crippen molar-refractivity contribution in [3.8, 4) is 0 Å². The third kappa shape index (κ3) is 3.16. The van der Waals surface area contributed by atoms with E-state index in [-0.39, 0.29) is 48.2 Å². The number of hydrogen-bond donors (Lipinski definition) is 0. The van der Waals surface area contributed by atoms with Crippen LogP contribution < -0.4 is 0 Å². The van der Waals surface area contributed by atoms with Gasteiger partial charge >= 0.3 is 5.97 Å². The fourth-order valence-electron chi connectivity index (χ4n) is 3.35. The van der Waals surface area contributed by atoms with Gasteiger partial charge in [0.2, 0.25) is 11.8 Å². The summed E-state index contributed by atoms with van der Waals surface area (Å²) in [7, 11) is 1.21. The van der Waals surface area contributed by atoms with Crippen molar-refractivity contribution >= 4 is 35.2 Å². The van der Waals surface area contributed by atoms with Crippen molar-refractivity contribution in [3.63, 3.8) is 0 Å². The van der Waals surface area contributed by atoms with Gasteiger partial charge in [0.15, 0.2) is 0 Å². The Hall–Kier alpha value is -1.43. The predicted octanol–water partition coefficient (Wildman–Crippen LogP) is 1.29. The number of ether oxygens (including phenoxy) is 1. The lowest BCUT2D eigenvalue weighted by Crippen LogP contribution is -2.46. The average molecular weight is 330 g/mol. The summed E-state index contributed by atoms with van der Waals surface area (Å²) in [5, 5.41) is 0. The second-order valence-electron chi connectivity index (χ2n) is 5.79. The first-order valence-corrected chi connectivity index (χ1v) is 8.07. The zero-order valence-electron chi connectivity index (χ0n) is 12.5. The molecule has 0 aromatic heterocycles. The Labute approximate surface area is 134 Å². The molecule has 2 aliphatic rings. The maximum Gasteiger partial charge on any atom is 0.329 e. The van der Waals surface area contributed by atoms with Crippen LogP contribution in [0.15, 0.2) is 0 Å². The molecule has 0 unspecified atom stereocenters. The van der Waals surface area contributed by atoms with Gasteiger partial charge in [-0.1, -0.05) is 12.8 Å². The number of ketones is 1. The number of carbonyl (C=O) groups is 4. The van der Waals surface area contributed by atoms with Gasteiger partial charge in [-0.15, -0.1) is 11.6 Å². The first kappa shape index (κ1) is 16.9. The molecule has 3 atom stereocenters. The van der Waals surface area contributed by atoms with Crippen LogP contribution in [-0.4, -0.2) is 47.5 Å². The van der Waals surface area contributed by atoms with E-state index in [9.17, 15) is 19.2 Å². The third-order valence-corrected chi connectivity index (χ3v) is 4.80. The number of imide groups is 1. The summed E-state index contributed by atoms with van der Waals surface area (Å²) in [6, 6.07) is -1.03. The molecule has 0 radical (unpaired) electrons. The number of nitrogens with zero attached hydrogens (tertiary/aromatic N) is 1. The normalized spacial score (nSPS) is 25.8. The van der Waals surface area contributed by atoms with Crippen molar-refractivity contribution in [3.05, 3.63) is 0 Å². The Balaban J connectivity index is 2.19. The molecule has 1 saturated heterocycles. The molecular formula is C15H20ClNO5. The van der Waals surface area contributed by atoms with E-state index in [1.54, 1.807) is 0 Å². The summed E-state index contributed by atoms with van der Waals surface area (Å²) in [6.07, 6.45) is 3.30. The van der Waals surface area contributed by atoms with Crippen molar-refractivity contribution in [1.29, 1.82) is 0 Å². The largest absolute Gasteiger partial charge is 0.467 e. The van der Waals surface area contributed by atoms with Crippen LogP contribution in [-0.2, 0) is 23.9 Å². The first-order chi connectivity index (χ1) is 10.5. The van der Waals surface area contributed by atoms with Crippen LogP contribution in [0.4, 0.5) is 0 Å². The molecule has 22 heavy (non-hydrogen) atoms. The molecule has 0 spiro atoms. The van der Waals surface area contributed by atoms with Crippen LogP contribution in [0, 0.1) is 11.8 Å². The van der Waals surface area contributed by atoms with E-state index < -0.39 is 12.0 Å². The monoisotopic (exact) mass is 329 g/mol. The van der Waals surface area contributed by atoms with Gasteiger partial charge in [0.05, 0.1) is 24.8 Å². The number of esters is 1. The number of carbonyl (C=O) groups excluding carboxylic acids is 4. The van der Waals surface area contributed by atoms with Crippen molar-refractivity contribution in [2.75, 3.05) is 13.0 Å². The minimum atomic E-state index is -1.03. The quantitative estimate of drug-likeness (QED) is 0.417. The van der Waals surface area contributed by atoms with Crippen LogP contribution in [0.1, 0.15) is 38.5 Å². The van der Waals surface area contributed by atoms with Crippen LogP contribution in [0.25, 0.3) is 0 Å². The molecule has 1 saturated carbocycles. The molecule has 1 aliphatic carbocycles. The third-order valence-electron chi connectivity index (χ3n) is 4.51. The zero-order chi connectivity index (χ0) is 16.3. The second-order valence-corrected chi connectivity index (χ2v) is 6.06. The number of Topliss-reactive ketones (excluding diaryl/α,β-unsaturated/α-hetero) is 1. The predicted molar refractivity (Wildman–Crippen MR) is 78.1 cm³/mol. The minimum absolute atomic E-state index is 0.0374. The van der Waals surface area contributed by atoms with Gasteiger partial charge < -0.3 is 4.74 Å². The Bertz CT molecular complexity index is 468. The van der Waals surface area contributed by atoms with Gasteiger partial charge in [0.25, 0.3) is 0 Å². The van der Waals surface area contributed by atoms with E-state index in [0.717, 1.165) is 17.7 Å². The Morgan fingerprint density at radius 1 is 1.23 bits per heavy atom. The highest BCUT2D eigenvalue weighted by atomic mass is 35.5. The summed E-state index contributed by atoms with van der Waals surface area (Å²) in [4.78, 5) is 49.4. The van der Waals surface area contributed by atoms with Crippen molar-refractivity contribution in [2.45, 2.75) is 44.6 Å². The molecule has 2 fully saturated rings. The van der Waals surface area contributed by atoms with Crippen LogP contribution >= 0.6 is 11.6 Å². The molecule has 0 aromatic rings. The van der Waals surface area contributed by atoms with E-state index in [2.05, 4.69) is 0 Å². The standard InChI is InChI=1S/C15H20ClNO5/c1-22-15(21)12(7-6-9(18)8-16)17-13(19)10-4-2-3-5-11(10)14(17)20/h10-12H,2-8H2,1H3/t10-,11+,12-/m1/s1. The molecule has 0 N–H and O–H groups in total. The van der Waals surface area contributed by atoms with Crippen LogP contribution in [0.5, 0.6) is 0 Å². The van der Waals surface area contributed by atoms with Gasteiger partial charge in [0, 0.05) is 6.42 Å². The first-order valence-electron chi connectivity index (χ1n) is 7.53. The Morgan fingerprint density at radius 3 is 2.23 bits per heavy atom. The summed E-state index contributed by atoms with van der Waals surface area (Å²) in [6.45, 7) is 0. The number of methoxy groups -OCH3 is 1. The molecule has 1 aliphatic heterocycles. The van der Waals surface area contributed by atoms with Gasteiger partial charge in [0.1, 0.15) is 11.8 Å². The number of fused-ring (bicyclic) bond motifs is 1. The molecule has 0 aromatic carbocycles. The molecule has 1 heterocycles. The molecule has 6 nitrogen and oxygen atoms in total. The van der Waals surface area contributed by atoms with Crippen molar-refractivity contribution < 1.29 is 23.9 Å². The zero-order valence-corrected chi connectivity index (χ0v) is 13.3. The Morgan fingerprint density at radius 2 is 1.77 bits per heavy atom. The summed E-state index contributed by atoms with van der Waals surface area (Å²) in [5.41, 5.74) is 0. The Kier molecular flexibility index (Phi) is 5.56. The van der Waals surface area contributed by atoms with Gasteiger partial charge in [-0.2, -0.15) is 0 Å². The smallest absolute Gasteiger partial charge is 0.329 e. The number of halogens is 1. The minimum Gasteiger partial charge on any atom is -0.467 e. The molecule has 0 bridgehead atoms. The lowest BCUT2D eigenvalue weighted by atomic mass is 9.81. The van der Waals surface area contributed by atoms with E-state index in [4.69, 9.17) is 16.3 Å². The van der Waals surface area contributed by atoms with E-state index >= 15 is 0 Å². The average Bonchev–Trinajstić information content (AvgIpc) is 2.79. The van der Waals surface area contributed by atoms with Gasteiger partial charge in [-0.05, 0) is 19.3 Å². The molecule has 2 rings (SSSR count). The van der Waals surface area contributed by atoms with E-state index in [1.807, 2.05) is 0 Å². The van der Waals surface area contributed by atoms with Crippen LogP contribution in [0.2, 0.25) is 0 Å². The summed E-state index contributed by atoms with van der Waals surface area (Å²) < 4.78 is 4.71. The highest BCUT2D eigenvalue weighted by molar-refractivity contribution is 6.27. The van der Waals surface area contributed by atoms with Gasteiger partial charge in [-0.3, -0.25) is 19.3 Å². The highest BCUT2D eigenvalue weighted by Crippen LogP contribution is 2.39. The van der Waals surface area contributed by atoms with E-state index in [1.165, 1.54) is 7.11 Å². The van der Waals surface area contributed by atoms with Crippen molar-refractivity contribution in [2.24, 2.45) is 11.8 Å². The SMILES string of the molecule is COC(=O)[C@@H](CCC(=O)CCl)N1C(=O)[C@H]2CCCC[C@H]2C1=O. The molecule has 2 amide bonds.